The van der Waals surface area contributed by atoms with Crippen LogP contribution in [0.1, 0.15) is 35.7 Å². The highest BCUT2D eigenvalue weighted by Crippen LogP contribution is 2.31. The average molecular weight is 562 g/mol. The molecule has 0 aliphatic carbocycles. The number of rotatable bonds is 10. The molecule has 41 heavy (non-hydrogen) atoms. The van der Waals surface area contributed by atoms with Crippen LogP contribution in [0.15, 0.2) is 66.9 Å². The van der Waals surface area contributed by atoms with Crippen LogP contribution >= 0.6 is 0 Å². The quantitative estimate of drug-likeness (QED) is 0.292. The number of methoxy groups -OCH3 is 2. The predicted molar refractivity (Wildman–Crippen MR) is 151 cm³/mol. The highest BCUT2D eigenvalue weighted by molar-refractivity contribution is 5.80. The van der Waals surface area contributed by atoms with E-state index in [2.05, 4.69) is 15.6 Å². The molecule has 0 radical (unpaired) electrons. The van der Waals surface area contributed by atoms with Crippen molar-refractivity contribution in [1.29, 1.82) is 0 Å². The van der Waals surface area contributed by atoms with Crippen LogP contribution in [0.25, 0.3) is 16.9 Å². The molecule has 2 aromatic heterocycles. The van der Waals surface area contributed by atoms with E-state index in [1.165, 1.54) is 6.07 Å². The Morgan fingerprint density at radius 1 is 1.10 bits per heavy atom. The van der Waals surface area contributed by atoms with Gasteiger partial charge in [-0.05, 0) is 61.2 Å². The van der Waals surface area contributed by atoms with Crippen LogP contribution in [0.5, 0.6) is 5.88 Å². The molecule has 2 N–H and O–H groups in total. The first-order valence-corrected chi connectivity index (χ1v) is 13.5. The number of nitrogens with zero attached hydrogens (tertiary/aromatic N) is 3. The zero-order valence-electron chi connectivity index (χ0n) is 23.2. The van der Waals surface area contributed by atoms with Crippen LogP contribution in [-0.2, 0) is 16.0 Å². The maximum Gasteiger partial charge on any atom is 0.226 e. The number of ether oxygens (including phenoxy) is 2. The topological polar surface area (TPSA) is 90.3 Å². The second kappa shape index (κ2) is 12.6. The molecule has 3 heterocycles. The van der Waals surface area contributed by atoms with E-state index in [4.69, 9.17) is 14.6 Å². The molecule has 3 atom stereocenters. The summed E-state index contributed by atoms with van der Waals surface area (Å²) in [6, 6.07) is 16.5. The largest absolute Gasteiger partial charge is 0.481 e. The highest BCUT2D eigenvalue weighted by Gasteiger charge is 2.36. The van der Waals surface area contributed by atoms with E-state index in [-0.39, 0.29) is 30.5 Å². The van der Waals surface area contributed by atoms with Gasteiger partial charge < -0.3 is 20.1 Å². The lowest BCUT2D eigenvalue weighted by Crippen LogP contribution is -2.39. The summed E-state index contributed by atoms with van der Waals surface area (Å²) < 4.78 is 40.0. The second-order valence-corrected chi connectivity index (χ2v) is 10.1. The molecule has 0 bridgehead atoms. The minimum Gasteiger partial charge on any atom is -0.481 e. The Hall–Kier alpha value is -4.15. The molecule has 0 spiro atoms. The number of aromatic nitrogens is 3. The van der Waals surface area contributed by atoms with Gasteiger partial charge in [-0.3, -0.25) is 4.79 Å². The minimum absolute atomic E-state index is 0.0455. The molecular weight excluding hydrogens is 528 g/mol. The molecule has 2 aromatic carbocycles. The van der Waals surface area contributed by atoms with Gasteiger partial charge in [0.25, 0.3) is 0 Å². The average Bonchev–Trinajstić information content (AvgIpc) is 3.54. The van der Waals surface area contributed by atoms with E-state index < -0.39 is 11.6 Å². The highest BCUT2D eigenvalue weighted by atomic mass is 19.2. The number of nitrogens with one attached hydrogen (secondary N) is 2. The van der Waals surface area contributed by atoms with Crippen molar-refractivity contribution >= 4 is 5.91 Å². The summed E-state index contributed by atoms with van der Waals surface area (Å²) in [6.07, 6.45) is 3.12. The fourth-order valence-corrected chi connectivity index (χ4v) is 5.37. The van der Waals surface area contributed by atoms with Gasteiger partial charge in [0, 0.05) is 43.6 Å². The lowest BCUT2D eigenvalue weighted by molar-refractivity contribution is -0.121. The lowest BCUT2D eigenvalue weighted by Gasteiger charge is -2.22. The van der Waals surface area contributed by atoms with E-state index in [1.54, 1.807) is 37.2 Å². The first-order valence-electron chi connectivity index (χ1n) is 13.5. The van der Waals surface area contributed by atoms with Gasteiger partial charge in [0.15, 0.2) is 11.6 Å². The molecule has 1 aliphatic rings. The van der Waals surface area contributed by atoms with Crippen molar-refractivity contribution in [2.24, 2.45) is 0 Å². The van der Waals surface area contributed by atoms with Crippen LogP contribution < -0.4 is 15.4 Å². The third-order valence-corrected chi connectivity index (χ3v) is 7.47. The van der Waals surface area contributed by atoms with Crippen molar-refractivity contribution in [3.63, 3.8) is 0 Å². The predicted octanol–water partition coefficient (Wildman–Crippen LogP) is 4.70. The number of halogens is 2. The minimum atomic E-state index is -0.919. The molecule has 1 saturated heterocycles. The van der Waals surface area contributed by atoms with Gasteiger partial charge in [-0.2, -0.15) is 5.10 Å². The molecule has 1 aliphatic heterocycles. The molecule has 1 amide bonds. The number of carbonyl (C=O) groups is 1. The maximum absolute atomic E-state index is 14.1. The zero-order chi connectivity index (χ0) is 28.9. The van der Waals surface area contributed by atoms with Crippen LogP contribution in [-0.4, -0.2) is 53.6 Å². The van der Waals surface area contributed by atoms with Crippen LogP contribution in [0.3, 0.4) is 0 Å². The Balaban J connectivity index is 1.42. The molecule has 0 saturated carbocycles. The maximum atomic E-state index is 14.1. The molecule has 4 aromatic rings. The summed E-state index contributed by atoms with van der Waals surface area (Å²) in [5.74, 6) is -1.53. The third-order valence-electron chi connectivity index (χ3n) is 7.47. The third kappa shape index (κ3) is 6.28. The number of hydrogen-bond acceptors (Lipinski definition) is 6. The van der Waals surface area contributed by atoms with Gasteiger partial charge in [0.2, 0.25) is 11.8 Å². The summed E-state index contributed by atoms with van der Waals surface area (Å²) in [7, 11) is 3.19. The Bertz CT molecular complexity index is 1490. The molecule has 1 fully saturated rings. The van der Waals surface area contributed by atoms with Crippen molar-refractivity contribution in [3.05, 3.63) is 95.3 Å². The van der Waals surface area contributed by atoms with E-state index in [1.807, 2.05) is 43.3 Å². The number of hydrogen-bond donors (Lipinski definition) is 2. The first-order chi connectivity index (χ1) is 19.9. The number of amides is 1. The van der Waals surface area contributed by atoms with Gasteiger partial charge in [0.1, 0.15) is 0 Å². The number of pyridine rings is 1. The van der Waals surface area contributed by atoms with E-state index in [0.29, 0.717) is 30.2 Å². The van der Waals surface area contributed by atoms with E-state index >= 15 is 0 Å². The summed E-state index contributed by atoms with van der Waals surface area (Å²) in [5.41, 5.74) is 4.52. The smallest absolute Gasteiger partial charge is 0.226 e. The monoisotopic (exact) mass is 561 g/mol. The van der Waals surface area contributed by atoms with E-state index in [0.717, 1.165) is 35.0 Å². The molecule has 5 rings (SSSR count). The van der Waals surface area contributed by atoms with Gasteiger partial charge in [-0.25, -0.2) is 18.4 Å². The standard InChI is InChI=1S/C31H33F2N5O3/c1-19-27(38(23-7-5-4-6-8-23)37-30(19)21-10-12-29(41-3)34-18-21)17-28(39)36-26-16-22(13-14-40-2)35-31(26)20-9-11-24(32)25(33)15-20/h4-12,15,18,22,26,31,35H,13-14,16-17H2,1-3H3,(H,36,39)/t22-,26-,31+/m1/s1. The molecule has 8 nitrogen and oxygen atoms in total. The van der Waals surface area contributed by atoms with Gasteiger partial charge in [-0.15, -0.1) is 0 Å². The van der Waals surface area contributed by atoms with Gasteiger partial charge in [-0.1, -0.05) is 24.3 Å². The SMILES string of the molecule is COCC[C@@H]1C[C@@H](NC(=O)Cc2c(C)c(-c3ccc(OC)nc3)nn2-c2ccccc2)[C@H](c2ccc(F)c(F)c2)N1. The van der Waals surface area contributed by atoms with Gasteiger partial charge >= 0.3 is 0 Å². The molecular formula is C31H33F2N5O3. The van der Waals surface area contributed by atoms with Crippen molar-refractivity contribution < 1.29 is 23.0 Å². The zero-order valence-corrected chi connectivity index (χ0v) is 23.2. The summed E-state index contributed by atoms with van der Waals surface area (Å²) in [4.78, 5) is 17.9. The fourth-order valence-electron chi connectivity index (χ4n) is 5.37. The summed E-state index contributed by atoms with van der Waals surface area (Å²) in [5, 5.41) is 11.5. The Morgan fingerprint density at radius 2 is 1.90 bits per heavy atom. The van der Waals surface area contributed by atoms with E-state index in [9.17, 15) is 13.6 Å². The number of benzene rings is 2. The Morgan fingerprint density at radius 3 is 2.59 bits per heavy atom. The van der Waals surface area contributed by atoms with Crippen molar-refractivity contribution in [3.8, 4) is 22.8 Å². The van der Waals surface area contributed by atoms with Crippen molar-refractivity contribution in [1.82, 2.24) is 25.4 Å². The number of para-hydroxylation sites is 1. The molecule has 0 unspecified atom stereocenters. The Kier molecular flexibility index (Phi) is 8.70. The van der Waals surface area contributed by atoms with Crippen molar-refractivity contribution in [2.75, 3.05) is 20.8 Å². The molecule has 10 heteroatoms. The second-order valence-electron chi connectivity index (χ2n) is 10.1. The fraction of sp³-hybridized carbons (Fsp3) is 0.323. The number of carbonyl (C=O) groups excluding carboxylic acids is 1. The lowest BCUT2D eigenvalue weighted by atomic mass is 9.99. The van der Waals surface area contributed by atoms with Crippen LogP contribution in [0.2, 0.25) is 0 Å². The first kappa shape index (κ1) is 28.4. The molecule has 214 valence electrons. The van der Waals surface area contributed by atoms with Crippen molar-refractivity contribution in [2.45, 2.75) is 44.3 Å². The van der Waals surface area contributed by atoms with Crippen LogP contribution in [0.4, 0.5) is 8.78 Å². The van der Waals surface area contributed by atoms with Crippen LogP contribution in [0, 0.1) is 18.6 Å². The summed E-state index contributed by atoms with van der Waals surface area (Å²) in [6.45, 7) is 2.48. The normalized spacial score (nSPS) is 18.4. The van der Waals surface area contributed by atoms with Gasteiger partial charge in [0.05, 0.1) is 36.6 Å². The summed E-state index contributed by atoms with van der Waals surface area (Å²) >= 11 is 0. The Labute approximate surface area is 237 Å².